The second kappa shape index (κ2) is 6.75. The Morgan fingerprint density at radius 3 is 2.96 bits per heavy atom. The third-order valence-electron chi connectivity index (χ3n) is 4.38. The van der Waals surface area contributed by atoms with Crippen molar-refractivity contribution < 1.29 is 9.21 Å². The highest BCUT2D eigenvalue weighted by atomic mass is 32.1. The molecule has 0 unspecified atom stereocenters. The summed E-state index contributed by atoms with van der Waals surface area (Å²) in [6.45, 7) is 4.20. The Bertz CT molecular complexity index is 795. The van der Waals surface area contributed by atoms with Crippen molar-refractivity contribution in [2.45, 2.75) is 13.0 Å². The van der Waals surface area contributed by atoms with Crippen LogP contribution in [0, 0.1) is 0 Å². The first kappa shape index (κ1) is 15.4. The van der Waals surface area contributed by atoms with E-state index in [0.717, 1.165) is 55.8 Å². The lowest BCUT2D eigenvalue weighted by atomic mass is 10.2. The monoisotopic (exact) mass is 341 g/mol. The number of hydrogen-bond acceptors (Lipinski definition) is 5. The molecule has 24 heavy (non-hydrogen) atoms. The van der Waals surface area contributed by atoms with Crippen molar-refractivity contribution in [2.24, 2.45) is 0 Å². The van der Waals surface area contributed by atoms with E-state index in [-0.39, 0.29) is 5.91 Å². The summed E-state index contributed by atoms with van der Waals surface area (Å²) in [5.74, 6) is 0.422. The van der Waals surface area contributed by atoms with E-state index in [9.17, 15) is 4.79 Å². The number of rotatable bonds is 3. The molecule has 1 aliphatic heterocycles. The molecule has 5 nitrogen and oxygen atoms in total. The summed E-state index contributed by atoms with van der Waals surface area (Å²) < 4.78 is 5.72. The molecular weight excluding hydrogens is 322 g/mol. The summed E-state index contributed by atoms with van der Waals surface area (Å²) in [6.07, 6.45) is 0.968. The molecule has 2 aromatic heterocycles. The van der Waals surface area contributed by atoms with Crippen molar-refractivity contribution in [3.8, 4) is 0 Å². The molecule has 1 aliphatic rings. The molecular formula is C18H19N3O2S. The maximum Gasteiger partial charge on any atom is 0.289 e. The minimum Gasteiger partial charge on any atom is -0.451 e. The fraction of sp³-hybridized carbons (Fsp3) is 0.333. The minimum atomic E-state index is -0.0123. The number of fused-ring (bicyclic) bond motifs is 1. The number of hydrogen-bond donors (Lipinski definition) is 0. The second-order valence-corrected chi connectivity index (χ2v) is 6.77. The van der Waals surface area contributed by atoms with Crippen LogP contribution in [0.3, 0.4) is 0 Å². The number of carbonyl (C=O) groups excluding carboxylic acids is 1. The van der Waals surface area contributed by atoms with Gasteiger partial charge in [-0.15, -0.1) is 11.3 Å². The molecule has 0 spiro atoms. The van der Waals surface area contributed by atoms with Gasteiger partial charge in [0.2, 0.25) is 0 Å². The fourth-order valence-corrected chi connectivity index (χ4v) is 3.67. The van der Waals surface area contributed by atoms with Crippen LogP contribution in [0.5, 0.6) is 0 Å². The van der Waals surface area contributed by atoms with Crippen LogP contribution in [0.15, 0.2) is 45.6 Å². The van der Waals surface area contributed by atoms with Crippen LogP contribution in [0.4, 0.5) is 0 Å². The van der Waals surface area contributed by atoms with Crippen LogP contribution >= 0.6 is 11.3 Å². The van der Waals surface area contributed by atoms with E-state index >= 15 is 0 Å². The van der Waals surface area contributed by atoms with Gasteiger partial charge in [0.1, 0.15) is 5.58 Å². The molecule has 1 fully saturated rings. The molecule has 6 heteroatoms. The van der Waals surface area contributed by atoms with E-state index in [1.807, 2.05) is 40.7 Å². The van der Waals surface area contributed by atoms with Crippen molar-refractivity contribution in [3.63, 3.8) is 0 Å². The third-order valence-corrected chi connectivity index (χ3v) is 5.02. The summed E-state index contributed by atoms with van der Waals surface area (Å²) in [7, 11) is 0. The van der Waals surface area contributed by atoms with Gasteiger partial charge in [-0.2, -0.15) is 0 Å². The van der Waals surface area contributed by atoms with E-state index in [1.54, 1.807) is 11.3 Å². The summed E-state index contributed by atoms with van der Waals surface area (Å²) in [5.41, 5.74) is 3.74. The Kier molecular flexibility index (Phi) is 4.32. The number of amides is 1. The van der Waals surface area contributed by atoms with E-state index in [2.05, 4.69) is 15.3 Å². The van der Waals surface area contributed by atoms with Gasteiger partial charge in [-0.1, -0.05) is 18.2 Å². The maximum atomic E-state index is 12.7. The molecule has 4 rings (SSSR count). The Morgan fingerprint density at radius 2 is 2.12 bits per heavy atom. The largest absolute Gasteiger partial charge is 0.451 e. The zero-order chi connectivity index (χ0) is 16.4. The lowest BCUT2D eigenvalue weighted by Gasteiger charge is -2.20. The van der Waals surface area contributed by atoms with Gasteiger partial charge in [0.05, 0.1) is 11.2 Å². The molecule has 0 atom stereocenters. The van der Waals surface area contributed by atoms with E-state index in [4.69, 9.17) is 4.42 Å². The lowest BCUT2D eigenvalue weighted by molar-refractivity contribution is 0.0731. The first-order chi connectivity index (χ1) is 11.8. The van der Waals surface area contributed by atoms with Crippen LogP contribution in [0.1, 0.15) is 22.7 Å². The molecule has 124 valence electrons. The normalized spacial score (nSPS) is 16.4. The highest BCUT2D eigenvalue weighted by molar-refractivity contribution is 7.07. The number of carbonyl (C=O) groups is 1. The van der Waals surface area contributed by atoms with Crippen LogP contribution < -0.4 is 0 Å². The fourth-order valence-electron chi connectivity index (χ4n) is 3.12. The van der Waals surface area contributed by atoms with Crippen molar-refractivity contribution in [1.82, 2.24) is 14.8 Å². The molecule has 0 aliphatic carbocycles. The van der Waals surface area contributed by atoms with E-state index in [0.29, 0.717) is 5.76 Å². The number of thiazole rings is 1. The van der Waals surface area contributed by atoms with Crippen molar-refractivity contribution in [1.29, 1.82) is 0 Å². The first-order valence-corrected chi connectivity index (χ1v) is 9.11. The van der Waals surface area contributed by atoms with Gasteiger partial charge in [-0.3, -0.25) is 9.69 Å². The Labute approximate surface area is 144 Å². The molecule has 0 N–H and O–H groups in total. The molecule has 3 aromatic rings. The average molecular weight is 341 g/mol. The summed E-state index contributed by atoms with van der Waals surface area (Å²) >= 11 is 1.62. The number of aromatic nitrogens is 1. The van der Waals surface area contributed by atoms with Gasteiger partial charge in [-0.25, -0.2) is 4.98 Å². The third kappa shape index (κ3) is 3.20. The minimum absolute atomic E-state index is 0.0123. The molecule has 1 aromatic carbocycles. The smallest absolute Gasteiger partial charge is 0.289 e. The second-order valence-electron chi connectivity index (χ2n) is 6.05. The Morgan fingerprint density at radius 1 is 1.21 bits per heavy atom. The Balaban J connectivity index is 1.43. The zero-order valence-electron chi connectivity index (χ0n) is 13.4. The van der Waals surface area contributed by atoms with Crippen molar-refractivity contribution >= 4 is 28.2 Å². The number of nitrogens with zero attached hydrogens (tertiary/aromatic N) is 3. The van der Waals surface area contributed by atoms with Crippen LogP contribution in [0.25, 0.3) is 11.0 Å². The molecule has 0 saturated carbocycles. The van der Waals surface area contributed by atoms with Gasteiger partial charge in [0, 0.05) is 43.5 Å². The number of furan rings is 1. The standard InChI is InChI=1S/C18H19N3O2S/c22-18(17-10-14-4-1-2-5-16(14)23-17)21-7-3-6-20(8-9-21)11-15-12-24-13-19-15/h1-2,4-5,10,12-13H,3,6-9,11H2. The first-order valence-electron chi connectivity index (χ1n) is 8.17. The van der Waals surface area contributed by atoms with Crippen molar-refractivity contribution in [2.75, 3.05) is 26.2 Å². The van der Waals surface area contributed by atoms with Gasteiger partial charge in [0.25, 0.3) is 5.91 Å². The maximum absolute atomic E-state index is 12.7. The van der Waals surface area contributed by atoms with Crippen LogP contribution in [0.2, 0.25) is 0 Å². The number of benzene rings is 1. The SMILES string of the molecule is O=C(c1cc2ccccc2o1)N1CCCN(Cc2cscn2)CC1. The van der Waals surface area contributed by atoms with Crippen LogP contribution in [-0.4, -0.2) is 46.9 Å². The van der Waals surface area contributed by atoms with Gasteiger partial charge >= 0.3 is 0 Å². The average Bonchev–Trinajstić information content (AvgIpc) is 3.20. The quantitative estimate of drug-likeness (QED) is 0.734. The topological polar surface area (TPSA) is 49.6 Å². The predicted molar refractivity (Wildman–Crippen MR) is 94.1 cm³/mol. The predicted octanol–water partition coefficient (Wildman–Crippen LogP) is 3.24. The molecule has 3 heterocycles. The summed E-state index contributed by atoms with van der Waals surface area (Å²) in [6, 6.07) is 9.57. The van der Waals surface area contributed by atoms with Gasteiger partial charge < -0.3 is 9.32 Å². The highest BCUT2D eigenvalue weighted by Gasteiger charge is 2.23. The molecule has 0 bridgehead atoms. The van der Waals surface area contributed by atoms with E-state index in [1.165, 1.54) is 0 Å². The lowest BCUT2D eigenvalue weighted by Crippen LogP contribution is -2.34. The summed E-state index contributed by atoms with van der Waals surface area (Å²) in [4.78, 5) is 21.4. The number of para-hydroxylation sites is 1. The van der Waals surface area contributed by atoms with E-state index < -0.39 is 0 Å². The van der Waals surface area contributed by atoms with Gasteiger partial charge in [0.15, 0.2) is 5.76 Å². The van der Waals surface area contributed by atoms with Crippen molar-refractivity contribution in [3.05, 3.63) is 52.7 Å². The van der Waals surface area contributed by atoms with Gasteiger partial charge in [-0.05, 0) is 18.6 Å². The molecule has 0 radical (unpaired) electrons. The van der Waals surface area contributed by atoms with Crippen LogP contribution in [-0.2, 0) is 6.54 Å². The zero-order valence-corrected chi connectivity index (χ0v) is 14.2. The molecule has 1 saturated heterocycles. The molecule has 1 amide bonds. The Hall–Kier alpha value is -2.18. The summed E-state index contributed by atoms with van der Waals surface area (Å²) in [5, 5.41) is 3.06. The highest BCUT2D eigenvalue weighted by Crippen LogP contribution is 2.20.